The predicted octanol–water partition coefficient (Wildman–Crippen LogP) is 19.3. The molecule has 0 saturated heterocycles. The summed E-state index contributed by atoms with van der Waals surface area (Å²) in [5.41, 5.74) is 0. The highest BCUT2D eigenvalue weighted by Crippen LogP contribution is 2.18. The van der Waals surface area contributed by atoms with Crippen LogP contribution >= 0.6 is 0 Å². The Kier molecular flexibility index (Phi) is 59.3. The van der Waals surface area contributed by atoms with Crippen LogP contribution in [0.5, 0.6) is 0 Å². The van der Waals surface area contributed by atoms with Gasteiger partial charge < -0.3 is 25.4 Å². The minimum Gasteiger partial charge on any atom is -0.466 e. The summed E-state index contributed by atoms with van der Waals surface area (Å²) in [6.07, 6.45) is 73.6. The van der Waals surface area contributed by atoms with Gasteiger partial charge in [-0.05, 0) is 57.8 Å². The van der Waals surface area contributed by atoms with E-state index in [0.29, 0.717) is 25.9 Å². The summed E-state index contributed by atoms with van der Waals surface area (Å²) in [4.78, 5) is 24.5. The van der Waals surface area contributed by atoms with Gasteiger partial charge in [0.25, 0.3) is 0 Å². The molecule has 0 aromatic heterocycles. The van der Waals surface area contributed by atoms with E-state index in [9.17, 15) is 24.9 Å². The van der Waals surface area contributed by atoms with E-state index in [-0.39, 0.29) is 18.5 Å². The van der Waals surface area contributed by atoms with Gasteiger partial charge in [0.1, 0.15) is 0 Å². The summed E-state index contributed by atoms with van der Waals surface area (Å²) in [5, 5.41) is 33.3. The van der Waals surface area contributed by atoms with E-state index in [4.69, 9.17) is 4.74 Å². The van der Waals surface area contributed by atoms with Crippen molar-refractivity contribution >= 4 is 11.9 Å². The molecule has 0 aliphatic rings. The highest BCUT2D eigenvalue weighted by Gasteiger charge is 2.18. The summed E-state index contributed by atoms with van der Waals surface area (Å²) in [6, 6.07) is -0.748. The SMILES string of the molecule is CCCCC/C=C\C/C=C\CCCCCCCC(=O)OCCCCCCCCCCCCCCCCCCCCCCCCCCCCCC(=O)N[C@@H](CO)[C@H](O)/C=C/C(O)CCCCCCCCCCCC. The van der Waals surface area contributed by atoms with Crippen LogP contribution in [-0.2, 0) is 14.3 Å². The molecule has 1 amide bonds. The van der Waals surface area contributed by atoms with Gasteiger partial charge in [0, 0.05) is 12.8 Å². The minimum atomic E-state index is -1.02. The van der Waals surface area contributed by atoms with Crippen molar-refractivity contribution in [3.8, 4) is 0 Å². The molecule has 0 heterocycles. The number of rotatable bonds is 60. The number of aliphatic hydroxyl groups is 3. The third-order valence-corrected chi connectivity index (χ3v) is 15.0. The molecule has 1 unspecified atom stereocenters. The first kappa shape index (κ1) is 71.0. The van der Waals surface area contributed by atoms with Crippen molar-refractivity contribution in [3.63, 3.8) is 0 Å². The van der Waals surface area contributed by atoms with Gasteiger partial charge in [-0.25, -0.2) is 0 Å². The van der Waals surface area contributed by atoms with Gasteiger partial charge in [-0.3, -0.25) is 9.59 Å². The zero-order chi connectivity index (χ0) is 53.0. The molecule has 0 aromatic rings. The lowest BCUT2D eigenvalue weighted by atomic mass is 10.0. The van der Waals surface area contributed by atoms with E-state index in [0.717, 1.165) is 57.8 Å². The van der Waals surface area contributed by atoms with Crippen molar-refractivity contribution in [3.05, 3.63) is 36.5 Å². The number of hydrogen-bond donors (Lipinski definition) is 4. The van der Waals surface area contributed by atoms with Crippen LogP contribution in [0.1, 0.15) is 341 Å². The van der Waals surface area contributed by atoms with Crippen molar-refractivity contribution in [2.24, 2.45) is 0 Å². The number of esters is 1. The molecule has 430 valence electrons. The molecule has 0 bridgehead atoms. The third-order valence-electron chi connectivity index (χ3n) is 15.0. The van der Waals surface area contributed by atoms with E-state index in [1.54, 1.807) is 6.08 Å². The van der Waals surface area contributed by atoms with Crippen LogP contribution in [0.25, 0.3) is 0 Å². The van der Waals surface area contributed by atoms with E-state index in [1.807, 2.05) is 0 Å². The van der Waals surface area contributed by atoms with E-state index >= 15 is 0 Å². The van der Waals surface area contributed by atoms with Gasteiger partial charge in [0.2, 0.25) is 5.91 Å². The van der Waals surface area contributed by atoms with Crippen LogP contribution in [-0.4, -0.2) is 58.7 Å². The zero-order valence-electron chi connectivity index (χ0n) is 48.7. The average Bonchev–Trinajstić information content (AvgIpc) is 3.39. The quantitative estimate of drug-likeness (QED) is 0.0274. The van der Waals surface area contributed by atoms with E-state index in [2.05, 4.69) is 43.5 Å². The molecule has 0 rings (SSSR count). The first-order valence-corrected chi connectivity index (χ1v) is 32.3. The maximum atomic E-state index is 12.5. The minimum absolute atomic E-state index is 0.000923. The molecule has 0 aliphatic heterocycles. The molecule has 0 saturated carbocycles. The number of hydrogen-bond acceptors (Lipinski definition) is 6. The molecule has 3 atom stereocenters. The summed E-state index contributed by atoms with van der Waals surface area (Å²) in [7, 11) is 0. The highest BCUT2D eigenvalue weighted by atomic mass is 16.5. The van der Waals surface area contributed by atoms with E-state index in [1.165, 1.54) is 256 Å². The number of nitrogens with one attached hydrogen (secondary N) is 1. The van der Waals surface area contributed by atoms with Gasteiger partial charge in [-0.2, -0.15) is 0 Å². The fourth-order valence-electron chi connectivity index (χ4n) is 9.98. The Morgan fingerprint density at radius 2 is 0.753 bits per heavy atom. The lowest BCUT2D eigenvalue weighted by Crippen LogP contribution is -2.45. The van der Waals surface area contributed by atoms with E-state index < -0.39 is 18.2 Å². The Morgan fingerprint density at radius 1 is 0.411 bits per heavy atom. The summed E-state index contributed by atoms with van der Waals surface area (Å²) in [6.45, 7) is 4.77. The molecule has 0 fully saturated rings. The number of carbonyl (C=O) groups is 2. The van der Waals surface area contributed by atoms with Crippen molar-refractivity contribution < 1.29 is 29.6 Å². The highest BCUT2D eigenvalue weighted by molar-refractivity contribution is 5.76. The summed E-state index contributed by atoms with van der Waals surface area (Å²) >= 11 is 0. The largest absolute Gasteiger partial charge is 0.466 e. The average molecular weight is 1030 g/mol. The molecule has 0 aliphatic carbocycles. The summed E-state index contributed by atoms with van der Waals surface area (Å²) < 4.78 is 5.48. The van der Waals surface area contributed by atoms with Crippen molar-refractivity contribution in [1.29, 1.82) is 0 Å². The third kappa shape index (κ3) is 57.6. The zero-order valence-corrected chi connectivity index (χ0v) is 48.7. The molecule has 0 radical (unpaired) electrons. The smallest absolute Gasteiger partial charge is 0.305 e. The molecular weight excluding hydrogens is 903 g/mol. The fraction of sp³-hybridized carbons (Fsp3) is 0.879. The summed E-state index contributed by atoms with van der Waals surface area (Å²) in [5.74, 6) is -0.128. The molecule has 0 aromatic carbocycles. The van der Waals surface area contributed by atoms with Crippen LogP contribution < -0.4 is 5.32 Å². The first-order chi connectivity index (χ1) is 35.9. The monoisotopic (exact) mass is 1030 g/mol. The topological polar surface area (TPSA) is 116 Å². The standard InChI is InChI=1S/C66H125NO6/c1-3-5-7-9-11-13-15-16-30-34-37-41-45-49-53-57-66(72)73-60-54-50-46-42-38-35-32-29-27-25-23-21-19-17-18-20-22-24-26-28-31-33-36-40-44-48-52-56-65(71)67-63(61-68)64(70)59-58-62(69)55-51-47-43-39-14-12-10-8-6-4-2/h11,13,16,30,58-59,62-64,68-70H,3-10,12,14-15,17-29,31-57,60-61H2,1-2H3,(H,67,71)/b13-11-,30-16-,59-58+/t62?,63-,64+/m0/s1. The second kappa shape index (κ2) is 60.9. The number of ether oxygens (including phenoxy) is 1. The Labute approximate surface area is 454 Å². The molecule has 7 heteroatoms. The van der Waals surface area contributed by atoms with Crippen LogP contribution in [0.2, 0.25) is 0 Å². The van der Waals surface area contributed by atoms with Crippen molar-refractivity contribution in [2.45, 2.75) is 360 Å². The number of allylic oxidation sites excluding steroid dienone is 4. The predicted molar refractivity (Wildman–Crippen MR) is 316 cm³/mol. The van der Waals surface area contributed by atoms with Gasteiger partial charge >= 0.3 is 5.97 Å². The lowest BCUT2D eigenvalue weighted by molar-refractivity contribution is -0.143. The van der Waals surface area contributed by atoms with Crippen LogP contribution in [0.3, 0.4) is 0 Å². The van der Waals surface area contributed by atoms with Crippen LogP contribution in [0.15, 0.2) is 36.5 Å². The Hall–Kier alpha value is -1.96. The van der Waals surface area contributed by atoms with Crippen molar-refractivity contribution in [1.82, 2.24) is 5.32 Å². The molecule has 73 heavy (non-hydrogen) atoms. The van der Waals surface area contributed by atoms with Gasteiger partial charge in [0.15, 0.2) is 0 Å². The number of carbonyl (C=O) groups excluding carboxylic acids is 2. The maximum Gasteiger partial charge on any atom is 0.305 e. The molecular formula is C66H125NO6. The first-order valence-electron chi connectivity index (χ1n) is 32.3. The van der Waals surface area contributed by atoms with Crippen LogP contribution in [0.4, 0.5) is 0 Å². The number of unbranched alkanes of at least 4 members (excludes halogenated alkanes) is 43. The number of aliphatic hydroxyl groups excluding tert-OH is 3. The van der Waals surface area contributed by atoms with Gasteiger partial charge in [-0.1, -0.05) is 307 Å². The normalized spacial score (nSPS) is 13.2. The fourth-order valence-corrected chi connectivity index (χ4v) is 9.98. The molecule has 4 N–H and O–H groups in total. The number of amides is 1. The molecule has 7 nitrogen and oxygen atoms in total. The Morgan fingerprint density at radius 3 is 1.18 bits per heavy atom. The van der Waals surface area contributed by atoms with Crippen molar-refractivity contribution in [2.75, 3.05) is 13.2 Å². The maximum absolute atomic E-state index is 12.5. The second-order valence-corrected chi connectivity index (χ2v) is 22.3. The Balaban J connectivity index is 3.40. The Bertz CT molecular complexity index is 1200. The molecule has 0 spiro atoms. The van der Waals surface area contributed by atoms with Gasteiger partial charge in [-0.15, -0.1) is 0 Å². The lowest BCUT2D eigenvalue weighted by Gasteiger charge is -2.20. The van der Waals surface area contributed by atoms with Gasteiger partial charge in [0.05, 0.1) is 31.5 Å². The van der Waals surface area contributed by atoms with Crippen LogP contribution in [0, 0.1) is 0 Å². The second-order valence-electron chi connectivity index (χ2n) is 22.3.